The predicted octanol–water partition coefficient (Wildman–Crippen LogP) is 1.68. The van der Waals surface area contributed by atoms with Gasteiger partial charge in [-0.3, -0.25) is 4.79 Å². The monoisotopic (exact) mass is 263 g/mol. The SMILES string of the molecule is CCCN(CC(=O)NC)c1ccc(C)cc1CNC. The van der Waals surface area contributed by atoms with Crippen LogP contribution in [-0.4, -0.2) is 33.1 Å². The van der Waals surface area contributed by atoms with E-state index in [9.17, 15) is 4.79 Å². The molecule has 0 spiro atoms. The number of benzene rings is 1. The standard InChI is InChI=1S/C15H25N3O/c1-5-8-18(11-15(19)17-4)14-7-6-12(2)9-13(14)10-16-3/h6-7,9,16H,5,8,10-11H2,1-4H3,(H,17,19). The lowest BCUT2D eigenvalue weighted by Gasteiger charge is -2.26. The molecule has 4 nitrogen and oxygen atoms in total. The Labute approximate surface area is 116 Å². The van der Waals surface area contributed by atoms with Gasteiger partial charge in [0, 0.05) is 25.8 Å². The van der Waals surface area contributed by atoms with Crippen LogP contribution in [0.4, 0.5) is 5.69 Å². The molecule has 0 fully saturated rings. The van der Waals surface area contributed by atoms with Crippen LogP contribution in [0, 0.1) is 6.92 Å². The molecule has 0 saturated carbocycles. The van der Waals surface area contributed by atoms with Gasteiger partial charge in [0.1, 0.15) is 0 Å². The smallest absolute Gasteiger partial charge is 0.239 e. The number of rotatable bonds is 7. The molecule has 0 aliphatic carbocycles. The van der Waals surface area contributed by atoms with Gasteiger partial charge >= 0.3 is 0 Å². The van der Waals surface area contributed by atoms with Crippen molar-refractivity contribution in [1.82, 2.24) is 10.6 Å². The summed E-state index contributed by atoms with van der Waals surface area (Å²) in [6.07, 6.45) is 1.02. The van der Waals surface area contributed by atoms with E-state index in [0.717, 1.165) is 25.2 Å². The maximum Gasteiger partial charge on any atom is 0.239 e. The van der Waals surface area contributed by atoms with Crippen LogP contribution in [0.5, 0.6) is 0 Å². The fourth-order valence-corrected chi connectivity index (χ4v) is 2.16. The zero-order chi connectivity index (χ0) is 14.3. The summed E-state index contributed by atoms with van der Waals surface area (Å²) in [7, 11) is 3.62. The van der Waals surface area contributed by atoms with Crippen LogP contribution in [0.1, 0.15) is 24.5 Å². The Hall–Kier alpha value is -1.55. The third-order valence-corrected chi connectivity index (χ3v) is 3.05. The molecule has 0 aliphatic heterocycles. The van der Waals surface area contributed by atoms with Crippen molar-refractivity contribution in [2.45, 2.75) is 26.8 Å². The van der Waals surface area contributed by atoms with Gasteiger partial charge in [0.25, 0.3) is 0 Å². The van der Waals surface area contributed by atoms with Crippen molar-refractivity contribution in [3.8, 4) is 0 Å². The topological polar surface area (TPSA) is 44.4 Å². The van der Waals surface area contributed by atoms with Gasteiger partial charge in [-0.25, -0.2) is 0 Å². The highest BCUT2D eigenvalue weighted by molar-refractivity contribution is 5.81. The van der Waals surface area contributed by atoms with Crippen LogP contribution in [0.25, 0.3) is 0 Å². The normalized spacial score (nSPS) is 10.3. The Morgan fingerprint density at radius 1 is 1.32 bits per heavy atom. The van der Waals surface area contributed by atoms with Crippen LogP contribution >= 0.6 is 0 Å². The van der Waals surface area contributed by atoms with Crippen molar-refractivity contribution >= 4 is 11.6 Å². The lowest BCUT2D eigenvalue weighted by atomic mass is 10.1. The van der Waals surface area contributed by atoms with E-state index in [4.69, 9.17) is 0 Å². The molecule has 1 aromatic carbocycles. The van der Waals surface area contributed by atoms with Crippen LogP contribution in [0.3, 0.4) is 0 Å². The summed E-state index contributed by atoms with van der Waals surface area (Å²) in [5, 5.41) is 5.88. The minimum atomic E-state index is 0.0458. The van der Waals surface area contributed by atoms with E-state index in [1.165, 1.54) is 11.1 Å². The summed E-state index contributed by atoms with van der Waals surface area (Å²) in [5.41, 5.74) is 3.62. The fourth-order valence-electron chi connectivity index (χ4n) is 2.16. The molecule has 0 bridgehead atoms. The van der Waals surface area contributed by atoms with E-state index in [2.05, 4.69) is 47.6 Å². The summed E-state index contributed by atoms with van der Waals surface area (Å²) >= 11 is 0. The molecule has 0 atom stereocenters. The molecule has 4 heteroatoms. The Morgan fingerprint density at radius 3 is 2.63 bits per heavy atom. The molecule has 1 amide bonds. The van der Waals surface area contributed by atoms with Gasteiger partial charge in [-0.05, 0) is 32.0 Å². The molecule has 1 rings (SSSR count). The second-order valence-corrected chi connectivity index (χ2v) is 4.76. The average molecular weight is 263 g/mol. The first kappa shape index (κ1) is 15.5. The highest BCUT2D eigenvalue weighted by Crippen LogP contribution is 2.22. The zero-order valence-electron chi connectivity index (χ0n) is 12.4. The van der Waals surface area contributed by atoms with Crippen LogP contribution in [0.2, 0.25) is 0 Å². The van der Waals surface area contributed by atoms with Gasteiger partial charge in [0.2, 0.25) is 5.91 Å². The number of carbonyl (C=O) groups is 1. The van der Waals surface area contributed by atoms with Crippen molar-refractivity contribution in [3.05, 3.63) is 29.3 Å². The van der Waals surface area contributed by atoms with Gasteiger partial charge in [-0.1, -0.05) is 24.6 Å². The van der Waals surface area contributed by atoms with E-state index >= 15 is 0 Å². The summed E-state index contributed by atoms with van der Waals surface area (Å²) < 4.78 is 0. The van der Waals surface area contributed by atoms with Crippen molar-refractivity contribution in [2.75, 3.05) is 32.1 Å². The quantitative estimate of drug-likeness (QED) is 0.786. The van der Waals surface area contributed by atoms with E-state index < -0.39 is 0 Å². The molecule has 0 saturated heterocycles. The van der Waals surface area contributed by atoms with Crippen molar-refractivity contribution in [3.63, 3.8) is 0 Å². The lowest BCUT2D eigenvalue weighted by Crippen LogP contribution is -2.36. The molecule has 2 N–H and O–H groups in total. The summed E-state index contributed by atoms with van der Waals surface area (Å²) in [4.78, 5) is 13.8. The summed E-state index contributed by atoms with van der Waals surface area (Å²) in [6, 6.07) is 6.39. The number of nitrogens with zero attached hydrogens (tertiary/aromatic N) is 1. The highest BCUT2D eigenvalue weighted by Gasteiger charge is 2.13. The number of nitrogens with one attached hydrogen (secondary N) is 2. The van der Waals surface area contributed by atoms with Gasteiger partial charge in [-0.15, -0.1) is 0 Å². The Bertz CT molecular complexity index is 418. The van der Waals surface area contributed by atoms with E-state index in [0.29, 0.717) is 6.54 Å². The molecule has 106 valence electrons. The number of hydrogen-bond acceptors (Lipinski definition) is 3. The minimum Gasteiger partial charge on any atom is -0.362 e. The van der Waals surface area contributed by atoms with Crippen molar-refractivity contribution < 1.29 is 4.79 Å². The highest BCUT2D eigenvalue weighted by atomic mass is 16.1. The average Bonchev–Trinajstić information content (AvgIpc) is 2.39. The number of likely N-dealkylation sites (N-methyl/N-ethyl adjacent to an activating group) is 1. The molecule has 0 aliphatic rings. The van der Waals surface area contributed by atoms with Crippen LogP contribution < -0.4 is 15.5 Å². The second-order valence-electron chi connectivity index (χ2n) is 4.76. The molecule has 0 radical (unpaired) electrons. The van der Waals surface area contributed by atoms with Gasteiger partial charge < -0.3 is 15.5 Å². The first-order valence-electron chi connectivity index (χ1n) is 6.82. The Morgan fingerprint density at radius 2 is 2.05 bits per heavy atom. The number of hydrogen-bond donors (Lipinski definition) is 2. The molecule has 1 aromatic rings. The molecule has 0 aromatic heterocycles. The molecule has 0 heterocycles. The molecule has 0 unspecified atom stereocenters. The van der Waals surface area contributed by atoms with Gasteiger partial charge in [0.05, 0.1) is 6.54 Å². The number of carbonyl (C=O) groups excluding carboxylic acids is 1. The summed E-state index contributed by atoms with van der Waals surface area (Å²) in [5.74, 6) is 0.0458. The Kier molecular flexibility index (Phi) is 6.36. The minimum absolute atomic E-state index is 0.0458. The lowest BCUT2D eigenvalue weighted by molar-refractivity contribution is -0.119. The van der Waals surface area contributed by atoms with E-state index in [1.54, 1.807) is 7.05 Å². The maximum absolute atomic E-state index is 11.6. The van der Waals surface area contributed by atoms with E-state index in [-0.39, 0.29) is 5.91 Å². The first-order chi connectivity index (χ1) is 9.12. The van der Waals surface area contributed by atoms with Crippen LogP contribution in [0.15, 0.2) is 18.2 Å². The molecular weight excluding hydrogens is 238 g/mol. The second kappa shape index (κ2) is 7.79. The van der Waals surface area contributed by atoms with Crippen LogP contribution in [-0.2, 0) is 11.3 Å². The first-order valence-corrected chi connectivity index (χ1v) is 6.82. The third-order valence-electron chi connectivity index (χ3n) is 3.05. The third kappa shape index (κ3) is 4.56. The maximum atomic E-state index is 11.6. The molecule has 19 heavy (non-hydrogen) atoms. The zero-order valence-corrected chi connectivity index (χ0v) is 12.4. The number of amides is 1. The van der Waals surface area contributed by atoms with Crippen molar-refractivity contribution in [1.29, 1.82) is 0 Å². The Balaban J connectivity index is 3.02. The number of anilines is 1. The predicted molar refractivity (Wildman–Crippen MR) is 80.5 cm³/mol. The van der Waals surface area contributed by atoms with E-state index in [1.807, 2.05) is 7.05 Å². The van der Waals surface area contributed by atoms with Gasteiger partial charge in [-0.2, -0.15) is 0 Å². The van der Waals surface area contributed by atoms with Gasteiger partial charge in [0.15, 0.2) is 0 Å². The largest absolute Gasteiger partial charge is 0.362 e. The summed E-state index contributed by atoms with van der Waals surface area (Å²) in [6.45, 7) is 6.32. The molecular formula is C15H25N3O. The fraction of sp³-hybridized carbons (Fsp3) is 0.533. The number of aryl methyl sites for hydroxylation is 1. The van der Waals surface area contributed by atoms with Crippen molar-refractivity contribution in [2.24, 2.45) is 0 Å².